The molecule has 0 saturated carbocycles. The highest BCUT2D eigenvalue weighted by atomic mass is 19.1. The molecule has 1 aliphatic heterocycles. The molecule has 1 aromatic carbocycles. The highest BCUT2D eigenvalue weighted by molar-refractivity contribution is 5.77. The second-order valence-corrected chi connectivity index (χ2v) is 4.33. The first-order valence-electron chi connectivity index (χ1n) is 6.04. The second kappa shape index (κ2) is 5.82. The smallest absolute Gasteiger partial charge is 0.260 e. The molecule has 0 aliphatic carbocycles. The standard InChI is InChI=1S/C13H17FN2O2/c1-10-8-11(14)2-3-12(10)18-9-13(17)16-6-4-15-5-7-16/h2-3,8,15H,4-7,9H2,1H3. The lowest BCUT2D eigenvalue weighted by molar-refractivity contribution is -0.133. The third-order valence-corrected chi connectivity index (χ3v) is 2.96. The molecule has 0 atom stereocenters. The summed E-state index contributed by atoms with van der Waals surface area (Å²) in [6, 6.07) is 4.28. The van der Waals surface area contributed by atoms with Gasteiger partial charge in [0, 0.05) is 26.2 Å². The molecule has 1 aliphatic rings. The van der Waals surface area contributed by atoms with Gasteiger partial charge in [-0.1, -0.05) is 0 Å². The quantitative estimate of drug-likeness (QED) is 0.870. The van der Waals surface area contributed by atoms with Crippen LogP contribution in [0.25, 0.3) is 0 Å². The summed E-state index contributed by atoms with van der Waals surface area (Å²) in [7, 11) is 0. The van der Waals surface area contributed by atoms with Gasteiger partial charge < -0.3 is 15.0 Å². The predicted octanol–water partition coefficient (Wildman–Crippen LogP) is 0.945. The van der Waals surface area contributed by atoms with Gasteiger partial charge in [0.1, 0.15) is 11.6 Å². The number of aryl methyl sites for hydroxylation is 1. The summed E-state index contributed by atoms with van der Waals surface area (Å²) >= 11 is 0. The fraction of sp³-hybridized carbons (Fsp3) is 0.462. The zero-order chi connectivity index (χ0) is 13.0. The zero-order valence-electron chi connectivity index (χ0n) is 10.4. The van der Waals surface area contributed by atoms with E-state index in [-0.39, 0.29) is 18.3 Å². The van der Waals surface area contributed by atoms with E-state index in [2.05, 4.69) is 5.32 Å². The van der Waals surface area contributed by atoms with Crippen LogP contribution in [0.15, 0.2) is 18.2 Å². The molecule has 1 saturated heterocycles. The van der Waals surface area contributed by atoms with Crippen molar-refractivity contribution in [1.82, 2.24) is 10.2 Å². The lowest BCUT2D eigenvalue weighted by Gasteiger charge is -2.27. The minimum Gasteiger partial charge on any atom is -0.483 e. The van der Waals surface area contributed by atoms with Gasteiger partial charge in [-0.3, -0.25) is 4.79 Å². The number of carbonyl (C=O) groups excluding carboxylic acids is 1. The maximum Gasteiger partial charge on any atom is 0.260 e. The molecule has 1 N–H and O–H groups in total. The van der Waals surface area contributed by atoms with Gasteiger partial charge in [0.25, 0.3) is 5.91 Å². The van der Waals surface area contributed by atoms with Crippen molar-refractivity contribution in [2.75, 3.05) is 32.8 Å². The van der Waals surface area contributed by atoms with Crippen molar-refractivity contribution in [2.45, 2.75) is 6.92 Å². The number of piperazine rings is 1. The Balaban J connectivity index is 1.88. The van der Waals surface area contributed by atoms with Gasteiger partial charge in [0.05, 0.1) is 0 Å². The maximum atomic E-state index is 12.9. The molecular weight excluding hydrogens is 235 g/mol. The molecule has 5 heteroatoms. The van der Waals surface area contributed by atoms with Crippen LogP contribution >= 0.6 is 0 Å². The number of hydrogen-bond acceptors (Lipinski definition) is 3. The van der Waals surface area contributed by atoms with Gasteiger partial charge in [-0.05, 0) is 30.7 Å². The topological polar surface area (TPSA) is 41.6 Å². The molecule has 18 heavy (non-hydrogen) atoms. The highest BCUT2D eigenvalue weighted by Gasteiger charge is 2.16. The number of carbonyl (C=O) groups is 1. The van der Waals surface area contributed by atoms with Crippen LogP contribution < -0.4 is 10.1 Å². The SMILES string of the molecule is Cc1cc(F)ccc1OCC(=O)N1CCNCC1. The molecule has 0 aromatic heterocycles. The molecule has 0 bridgehead atoms. The summed E-state index contributed by atoms with van der Waals surface area (Å²) in [5.74, 6) is 0.230. The first-order chi connectivity index (χ1) is 8.66. The minimum atomic E-state index is -0.298. The van der Waals surface area contributed by atoms with Crippen LogP contribution in [0.3, 0.4) is 0 Å². The summed E-state index contributed by atoms with van der Waals surface area (Å²) < 4.78 is 18.3. The van der Waals surface area contributed by atoms with Crippen LogP contribution in [0.1, 0.15) is 5.56 Å². The molecule has 1 aromatic rings. The number of amides is 1. The van der Waals surface area contributed by atoms with Crippen molar-refractivity contribution in [3.8, 4) is 5.75 Å². The number of halogens is 1. The van der Waals surface area contributed by atoms with E-state index in [1.165, 1.54) is 12.1 Å². The normalized spacial score (nSPS) is 15.6. The molecule has 1 heterocycles. The Morgan fingerprint density at radius 2 is 2.17 bits per heavy atom. The third-order valence-electron chi connectivity index (χ3n) is 2.96. The van der Waals surface area contributed by atoms with Gasteiger partial charge in [0.2, 0.25) is 0 Å². The fourth-order valence-electron chi connectivity index (χ4n) is 1.92. The van der Waals surface area contributed by atoms with Gasteiger partial charge >= 0.3 is 0 Å². The Hall–Kier alpha value is -1.62. The van der Waals surface area contributed by atoms with Gasteiger partial charge in [0.15, 0.2) is 6.61 Å². The summed E-state index contributed by atoms with van der Waals surface area (Å²) in [4.78, 5) is 13.6. The number of benzene rings is 1. The molecule has 0 spiro atoms. The van der Waals surface area contributed by atoms with Crippen LogP contribution in [-0.2, 0) is 4.79 Å². The number of nitrogens with one attached hydrogen (secondary N) is 1. The Morgan fingerprint density at radius 3 is 2.83 bits per heavy atom. The van der Waals surface area contributed by atoms with Crippen molar-refractivity contribution in [1.29, 1.82) is 0 Å². The van der Waals surface area contributed by atoms with Crippen molar-refractivity contribution < 1.29 is 13.9 Å². The largest absolute Gasteiger partial charge is 0.483 e. The predicted molar refractivity (Wildman–Crippen MR) is 66.1 cm³/mol. The fourth-order valence-corrected chi connectivity index (χ4v) is 1.92. The molecular formula is C13H17FN2O2. The van der Waals surface area contributed by atoms with E-state index in [0.717, 1.165) is 13.1 Å². The van der Waals surface area contributed by atoms with Crippen LogP contribution in [0.4, 0.5) is 4.39 Å². The van der Waals surface area contributed by atoms with Crippen molar-refractivity contribution in [3.63, 3.8) is 0 Å². The third kappa shape index (κ3) is 3.20. The van der Waals surface area contributed by atoms with E-state index in [1.807, 2.05) is 0 Å². The second-order valence-electron chi connectivity index (χ2n) is 4.33. The zero-order valence-corrected chi connectivity index (χ0v) is 10.4. The van der Waals surface area contributed by atoms with Crippen LogP contribution in [-0.4, -0.2) is 43.6 Å². The van der Waals surface area contributed by atoms with Crippen molar-refractivity contribution in [3.05, 3.63) is 29.6 Å². The molecule has 0 unspecified atom stereocenters. The molecule has 4 nitrogen and oxygen atoms in total. The van der Waals surface area contributed by atoms with Gasteiger partial charge in [-0.15, -0.1) is 0 Å². The monoisotopic (exact) mass is 252 g/mol. The van der Waals surface area contributed by atoms with Crippen LogP contribution in [0.5, 0.6) is 5.75 Å². The van der Waals surface area contributed by atoms with Crippen molar-refractivity contribution in [2.24, 2.45) is 0 Å². The summed E-state index contributed by atoms with van der Waals surface area (Å²) in [6.07, 6.45) is 0. The summed E-state index contributed by atoms with van der Waals surface area (Å²) in [5, 5.41) is 3.18. The van der Waals surface area contributed by atoms with E-state index in [9.17, 15) is 9.18 Å². The minimum absolute atomic E-state index is 0.00642. The Morgan fingerprint density at radius 1 is 1.44 bits per heavy atom. The Labute approximate surface area is 106 Å². The molecule has 0 radical (unpaired) electrons. The lowest BCUT2D eigenvalue weighted by atomic mass is 10.2. The van der Waals surface area contributed by atoms with E-state index in [1.54, 1.807) is 17.9 Å². The first kappa shape index (κ1) is 12.8. The van der Waals surface area contributed by atoms with Crippen LogP contribution in [0.2, 0.25) is 0 Å². The molecule has 2 rings (SSSR count). The summed E-state index contributed by atoms with van der Waals surface area (Å²) in [6.45, 7) is 4.83. The number of nitrogens with zero attached hydrogens (tertiary/aromatic N) is 1. The summed E-state index contributed by atoms with van der Waals surface area (Å²) in [5.41, 5.74) is 0.697. The van der Waals surface area contributed by atoms with E-state index in [4.69, 9.17) is 4.74 Å². The molecule has 1 fully saturated rings. The Bertz CT molecular complexity index is 431. The van der Waals surface area contributed by atoms with Crippen molar-refractivity contribution >= 4 is 5.91 Å². The van der Waals surface area contributed by atoms with E-state index >= 15 is 0 Å². The van der Waals surface area contributed by atoms with E-state index in [0.29, 0.717) is 24.4 Å². The Kier molecular flexibility index (Phi) is 4.15. The maximum absolute atomic E-state index is 12.9. The molecule has 98 valence electrons. The highest BCUT2D eigenvalue weighted by Crippen LogP contribution is 2.18. The number of ether oxygens (including phenoxy) is 1. The van der Waals surface area contributed by atoms with Crippen LogP contribution in [0, 0.1) is 12.7 Å². The first-order valence-corrected chi connectivity index (χ1v) is 6.04. The lowest BCUT2D eigenvalue weighted by Crippen LogP contribution is -2.47. The average Bonchev–Trinajstić information content (AvgIpc) is 2.38. The number of hydrogen-bond donors (Lipinski definition) is 1. The van der Waals surface area contributed by atoms with Gasteiger partial charge in [-0.25, -0.2) is 4.39 Å². The average molecular weight is 252 g/mol. The van der Waals surface area contributed by atoms with Gasteiger partial charge in [-0.2, -0.15) is 0 Å². The number of rotatable bonds is 3. The van der Waals surface area contributed by atoms with E-state index < -0.39 is 0 Å². The molecule has 1 amide bonds.